The van der Waals surface area contributed by atoms with Crippen LogP contribution in [0.25, 0.3) is 5.65 Å². The van der Waals surface area contributed by atoms with Crippen LogP contribution in [0.1, 0.15) is 54.7 Å². The van der Waals surface area contributed by atoms with Crippen LogP contribution < -0.4 is 23.8 Å². The molecule has 0 aliphatic carbocycles. The quantitative estimate of drug-likeness (QED) is 0.114. The molecule has 1 aliphatic heterocycles. The normalized spacial score (nSPS) is 14.0. The fourth-order valence-electron chi connectivity index (χ4n) is 5.96. The molecule has 0 saturated carbocycles. The van der Waals surface area contributed by atoms with Crippen molar-refractivity contribution >= 4 is 11.5 Å². The Kier molecular flexibility index (Phi) is 12.6. The molecule has 0 spiro atoms. The molecule has 1 atom stereocenters. The maximum absolute atomic E-state index is 11.7. The van der Waals surface area contributed by atoms with E-state index >= 15 is 0 Å². The van der Waals surface area contributed by atoms with Crippen LogP contribution >= 0.6 is 0 Å². The number of morpholine rings is 1. The molecule has 0 bridgehead atoms. The highest BCUT2D eigenvalue weighted by molar-refractivity contribution is 5.65. The lowest BCUT2D eigenvalue weighted by atomic mass is 10.1. The van der Waals surface area contributed by atoms with Crippen molar-refractivity contribution in [2.75, 3.05) is 65.2 Å². The van der Waals surface area contributed by atoms with E-state index in [4.69, 9.17) is 38.8 Å². The van der Waals surface area contributed by atoms with Crippen molar-refractivity contribution in [2.24, 2.45) is 0 Å². The Hall–Kier alpha value is -4.91. The van der Waals surface area contributed by atoms with E-state index in [1.165, 1.54) is 0 Å². The van der Waals surface area contributed by atoms with Gasteiger partial charge in [-0.05, 0) is 65.9 Å². The Morgan fingerprint density at radius 1 is 0.804 bits per heavy atom. The number of hydrogen-bond acceptors (Lipinski definition) is 11. The Morgan fingerprint density at radius 3 is 2.02 bits per heavy atom. The van der Waals surface area contributed by atoms with Gasteiger partial charge in [-0.25, -0.2) is 9.50 Å². The average Bonchev–Trinajstić information content (AvgIpc) is 3.61. The van der Waals surface area contributed by atoms with Crippen molar-refractivity contribution in [3.63, 3.8) is 0 Å². The second-order valence-corrected chi connectivity index (χ2v) is 12.5. The highest BCUT2D eigenvalue weighted by Crippen LogP contribution is 2.30. The molecule has 1 N–H and O–H groups in total. The Balaban J connectivity index is 1.27. The number of nitrogens with zero attached hydrogens (tertiary/aromatic N) is 6. The Morgan fingerprint density at radius 2 is 1.41 bits per heavy atom. The number of rotatable bonds is 18. The van der Waals surface area contributed by atoms with Crippen molar-refractivity contribution in [1.82, 2.24) is 24.5 Å². The average molecular weight is 697 g/mol. The molecule has 1 saturated heterocycles. The second-order valence-electron chi connectivity index (χ2n) is 12.5. The van der Waals surface area contributed by atoms with Crippen molar-refractivity contribution in [1.29, 1.82) is 0 Å². The van der Waals surface area contributed by atoms with Gasteiger partial charge in [0.1, 0.15) is 23.4 Å². The molecule has 0 radical (unpaired) electrons. The van der Waals surface area contributed by atoms with E-state index in [2.05, 4.69) is 16.7 Å². The number of aliphatic hydroxyl groups excluding tert-OH is 1. The van der Waals surface area contributed by atoms with Crippen LogP contribution in [-0.2, 0) is 17.8 Å². The fraction of sp³-hybridized carbons (Fsp3) is 0.410. The topological polar surface area (TPSA) is 116 Å². The minimum Gasteiger partial charge on any atom is -0.497 e. The zero-order chi connectivity index (χ0) is 35.4. The summed E-state index contributed by atoms with van der Waals surface area (Å²) in [6, 6.07) is 23.7. The lowest BCUT2D eigenvalue weighted by Crippen LogP contribution is -2.37. The molecule has 3 aromatic carbocycles. The molecule has 12 nitrogen and oxygen atoms in total. The first-order valence-corrected chi connectivity index (χ1v) is 17.6. The van der Waals surface area contributed by atoms with Crippen LogP contribution in [0.3, 0.4) is 0 Å². The number of imidazole rings is 1. The van der Waals surface area contributed by atoms with E-state index < -0.39 is 6.10 Å². The number of hydrogen-bond donors (Lipinski definition) is 1. The van der Waals surface area contributed by atoms with Crippen molar-refractivity contribution in [2.45, 2.75) is 45.4 Å². The van der Waals surface area contributed by atoms with Gasteiger partial charge in [-0.15, -0.1) is 5.10 Å². The number of ether oxygens (including phenoxy) is 5. The first-order chi connectivity index (χ1) is 25.0. The summed E-state index contributed by atoms with van der Waals surface area (Å²) in [5.41, 5.74) is 3.82. The molecule has 1 unspecified atom stereocenters. The number of aromatic nitrogens is 4. The van der Waals surface area contributed by atoms with Gasteiger partial charge in [-0.1, -0.05) is 49.7 Å². The van der Waals surface area contributed by atoms with Gasteiger partial charge in [0, 0.05) is 32.7 Å². The molecule has 1 aliphatic rings. The summed E-state index contributed by atoms with van der Waals surface area (Å²) >= 11 is 0. The summed E-state index contributed by atoms with van der Waals surface area (Å²) in [7, 11) is 3.31. The third-order valence-corrected chi connectivity index (χ3v) is 8.91. The van der Waals surface area contributed by atoms with E-state index in [0.29, 0.717) is 49.0 Å². The van der Waals surface area contributed by atoms with Gasteiger partial charge in [0.15, 0.2) is 11.5 Å². The van der Waals surface area contributed by atoms with Gasteiger partial charge in [0.25, 0.3) is 0 Å². The van der Waals surface area contributed by atoms with E-state index in [1.807, 2.05) is 72.8 Å². The van der Waals surface area contributed by atoms with E-state index in [1.54, 1.807) is 24.9 Å². The van der Waals surface area contributed by atoms with E-state index in [0.717, 1.165) is 80.5 Å². The molecular weight excluding hydrogens is 648 g/mol. The van der Waals surface area contributed by atoms with Gasteiger partial charge < -0.3 is 33.7 Å². The molecule has 0 amide bonds. The molecule has 51 heavy (non-hydrogen) atoms. The number of fused-ring (bicyclic) bond motifs is 1. The molecule has 1 fully saturated rings. The van der Waals surface area contributed by atoms with Crippen LogP contribution in [0.2, 0.25) is 0 Å². The maximum Gasteiger partial charge on any atom is 0.336 e. The SMILES string of the molecule is CCCCOc1nc(N(Cc2ccc(OC)cc2)Cc2ccc(OC)cc2)c2ncc(C(O)c3ccc(OCCCN4CCOCC4)cc3)n2n1. The monoisotopic (exact) mass is 696 g/mol. The van der Waals surface area contributed by atoms with Crippen molar-refractivity contribution < 1.29 is 28.8 Å². The summed E-state index contributed by atoms with van der Waals surface area (Å²) in [6.07, 6.45) is 3.42. The zero-order valence-electron chi connectivity index (χ0n) is 29.7. The van der Waals surface area contributed by atoms with Crippen LogP contribution in [-0.4, -0.2) is 89.9 Å². The van der Waals surface area contributed by atoms with Gasteiger partial charge in [-0.2, -0.15) is 4.98 Å². The third kappa shape index (κ3) is 9.46. The smallest absolute Gasteiger partial charge is 0.336 e. The van der Waals surface area contributed by atoms with E-state index in [9.17, 15) is 5.11 Å². The first-order valence-electron chi connectivity index (χ1n) is 17.6. The lowest BCUT2D eigenvalue weighted by molar-refractivity contribution is 0.0358. The third-order valence-electron chi connectivity index (χ3n) is 8.91. The Bertz CT molecular complexity index is 1740. The molecular formula is C39H48N6O6. The first kappa shape index (κ1) is 35.9. The predicted molar refractivity (Wildman–Crippen MR) is 195 cm³/mol. The second kappa shape index (κ2) is 17.8. The molecule has 270 valence electrons. The van der Waals surface area contributed by atoms with Crippen LogP contribution in [0.15, 0.2) is 79.0 Å². The molecule has 6 rings (SSSR count). The zero-order valence-corrected chi connectivity index (χ0v) is 29.7. The van der Waals surface area contributed by atoms with Crippen LogP contribution in [0.5, 0.6) is 23.3 Å². The maximum atomic E-state index is 11.7. The van der Waals surface area contributed by atoms with E-state index in [-0.39, 0.29) is 6.01 Å². The largest absolute Gasteiger partial charge is 0.497 e. The summed E-state index contributed by atoms with van der Waals surface area (Å²) in [4.78, 5) is 14.2. The summed E-state index contributed by atoms with van der Waals surface area (Å²) < 4.78 is 30.0. The minimum absolute atomic E-state index is 0.215. The number of unbranched alkanes of at least 4 members (excludes halogenated alkanes) is 1. The number of methoxy groups -OCH3 is 2. The number of anilines is 1. The van der Waals surface area contributed by atoms with Crippen molar-refractivity contribution in [3.8, 4) is 23.3 Å². The van der Waals surface area contributed by atoms with Gasteiger partial charge in [0.2, 0.25) is 0 Å². The number of aliphatic hydroxyl groups is 1. The van der Waals surface area contributed by atoms with Gasteiger partial charge in [-0.3, -0.25) is 4.90 Å². The number of benzene rings is 3. The molecule has 12 heteroatoms. The summed E-state index contributed by atoms with van der Waals surface area (Å²) in [5, 5.41) is 16.4. The standard InChI is InChI=1S/C39H48N6O6/c1-4-5-22-51-39-41-38(44(27-29-7-13-32(47-2)14-8-29)28-30-9-15-33(48-3)16-10-30)37-40-26-35(45(37)42-39)36(46)31-11-17-34(18-12-31)50-23-6-19-43-20-24-49-25-21-43/h7-18,26,36,46H,4-6,19-25,27-28H2,1-3H3. The highest BCUT2D eigenvalue weighted by atomic mass is 16.5. The van der Waals surface area contributed by atoms with Gasteiger partial charge >= 0.3 is 6.01 Å². The van der Waals surface area contributed by atoms with Crippen LogP contribution in [0, 0.1) is 0 Å². The summed E-state index contributed by atoms with van der Waals surface area (Å²) in [5.74, 6) is 2.91. The van der Waals surface area contributed by atoms with Crippen LogP contribution in [0.4, 0.5) is 5.82 Å². The minimum atomic E-state index is -1.00. The molecule has 2 aromatic heterocycles. The van der Waals surface area contributed by atoms with Gasteiger partial charge in [0.05, 0.1) is 52.5 Å². The molecule has 3 heterocycles. The molecule has 5 aromatic rings. The fourth-order valence-corrected chi connectivity index (χ4v) is 5.96. The lowest BCUT2D eigenvalue weighted by Gasteiger charge is -2.26. The highest BCUT2D eigenvalue weighted by Gasteiger charge is 2.24. The Labute approximate surface area is 299 Å². The summed E-state index contributed by atoms with van der Waals surface area (Å²) in [6.45, 7) is 8.76. The predicted octanol–water partition coefficient (Wildman–Crippen LogP) is 5.71. The van der Waals surface area contributed by atoms with Crippen molar-refractivity contribution in [3.05, 3.63) is 101 Å².